The van der Waals surface area contributed by atoms with Crippen molar-refractivity contribution in [1.29, 1.82) is 0 Å². The van der Waals surface area contributed by atoms with E-state index in [-0.39, 0.29) is 17.5 Å². The van der Waals surface area contributed by atoms with Gasteiger partial charge in [0.2, 0.25) is 0 Å². The molecule has 5 heteroatoms. The van der Waals surface area contributed by atoms with E-state index in [9.17, 15) is 0 Å². The van der Waals surface area contributed by atoms with Crippen molar-refractivity contribution in [3.63, 3.8) is 0 Å². The molecule has 2 aliphatic rings. The van der Waals surface area contributed by atoms with Crippen molar-refractivity contribution >= 4 is 11.9 Å². The summed E-state index contributed by atoms with van der Waals surface area (Å²) >= 11 is 1.83. The summed E-state index contributed by atoms with van der Waals surface area (Å²) < 4.78 is 3.50. The van der Waals surface area contributed by atoms with E-state index in [4.69, 9.17) is 0 Å². The monoisotopic (exact) mass is 446 g/mol. The van der Waals surface area contributed by atoms with Crippen LogP contribution in [0.5, 0.6) is 0 Å². The van der Waals surface area contributed by atoms with Crippen LogP contribution in [0.4, 0.5) is 0 Å². The van der Waals surface area contributed by atoms with Gasteiger partial charge in [0.15, 0.2) is 0 Å². The Morgan fingerprint density at radius 3 is 2.45 bits per heavy atom. The van der Waals surface area contributed by atoms with Gasteiger partial charge in [-0.2, -0.15) is 0 Å². The molecule has 1 aliphatic carbocycles. The summed E-state index contributed by atoms with van der Waals surface area (Å²) in [6.45, 7) is 28.1. The highest BCUT2D eigenvalue weighted by Crippen LogP contribution is 2.33. The van der Waals surface area contributed by atoms with E-state index in [0.29, 0.717) is 0 Å². The molecule has 0 amide bonds. The predicted molar refractivity (Wildman–Crippen MR) is 139 cm³/mol. The Morgan fingerprint density at radius 2 is 1.84 bits per heavy atom. The van der Waals surface area contributed by atoms with Gasteiger partial charge in [-0.05, 0) is 55.9 Å². The summed E-state index contributed by atoms with van der Waals surface area (Å²) in [6.07, 6.45) is 9.33. The molecule has 1 aliphatic heterocycles. The van der Waals surface area contributed by atoms with Crippen molar-refractivity contribution < 1.29 is 0 Å². The van der Waals surface area contributed by atoms with Crippen molar-refractivity contribution in [1.82, 2.24) is 20.3 Å². The van der Waals surface area contributed by atoms with Gasteiger partial charge in [0.05, 0.1) is 18.6 Å². The molecule has 1 saturated heterocycles. The zero-order chi connectivity index (χ0) is 23.0. The molecule has 2 atom stereocenters. The Labute approximate surface area is 196 Å². The Hall–Kier alpha value is -1.49. The van der Waals surface area contributed by atoms with Crippen LogP contribution in [0.15, 0.2) is 49.1 Å². The van der Waals surface area contributed by atoms with E-state index in [1.807, 2.05) is 11.9 Å². The first kappa shape index (κ1) is 25.8. The van der Waals surface area contributed by atoms with E-state index in [2.05, 4.69) is 74.3 Å². The molecule has 2 rings (SSSR count). The second kappa shape index (κ2) is 11.9. The van der Waals surface area contributed by atoms with Crippen LogP contribution < -0.4 is 15.4 Å². The molecule has 2 fully saturated rings. The number of hydrogen-bond donors (Lipinski definition) is 3. The highest BCUT2D eigenvalue weighted by Gasteiger charge is 2.29. The van der Waals surface area contributed by atoms with Gasteiger partial charge in [0.25, 0.3) is 0 Å². The van der Waals surface area contributed by atoms with Crippen LogP contribution in [0, 0.1) is 5.41 Å². The van der Waals surface area contributed by atoms with E-state index >= 15 is 0 Å². The lowest BCUT2D eigenvalue weighted by atomic mass is 9.91. The van der Waals surface area contributed by atoms with Crippen LogP contribution in [0.3, 0.4) is 0 Å². The van der Waals surface area contributed by atoms with E-state index < -0.39 is 0 Å². The average Bonchev–Trinajstić information content (AvgIpc) is 3.39. The summed E-state index contributed by atoms with van der Waals surface area (Å²) in [5.41, 5.74) is 4.60. The van der Waals surface area contributed by atoms with Crippen LogP contribution in [-0.2, 0) is 0 Å². The van der Waals surface area contributed by atoms with Crippen molar-refractivity contribution in [3.8, 4) is 0 Å². The van der Waals surface area contributed by atoms with Crippen molar-refractivity contribution in [3.05, 3.63) is 49.1 Å². The maximum Gasteiger partial charge on any atom is 0.0680 e. The first-order chi connectivity index (χ1) is 14.6. The minimum atomic E-state index is 0.221. The highest BCUT2D eigenvalue weighted by atomic mass is 32.2. The Morgan fingerprint density at radius 1 is 1.13 bits per heavy atom. The molecular formula is C26H46N4S. The lowest BCUT2D eigenvalue weighted by molar-refractivity contribution is 0.328. The van der Waals surface area contributed by atoms with E-state index in [1.54, 1.807) is 0 Å². The molecule has 0 radical (unpaired) electrons. The third-order valence-corrected chi connectivity index (χ3v) is 7.04. The number of nitrogens with zero attached hydrogens (tertiary/aromatic N) is 1. The maximum absolute atomic E-state index is 4.44. The van der Waals surface area contributed by atoms with Gasteiger partial charge in [-0.3, -0.25) is 0 Å². The molecule has 0 bridgehead atoms. The van der Waals surface area contributed by atoms with Crippen molar-refractivity contribution in [2.24, 2.45) is 5.41 Å². The highest BCUT2D eigenvalue weighted by molar-refractivity contribution is 7.98. The lowest BCUT2D eigenvalue weighted by Gasteiger charge is -2.33. The molecule has 176 valence electrons. The third-order valence-electron chi connectivity index (χ3n) is 5.86. The van der Waals surface area contributed by atoms with Gasteiger partial charge in [-0.15, -0.1) is 0 Å². The van der Waals surface area contributed by atoms with Gasteiger partial charge in [-0.1, -0.05) is 66.9 Å². The van der Waals surface area contributed by atoms with Gasteiger partial charge in [0, 0.05) is 34.6 Å². The molecule has 0 aromatic heterocycles. The standard InChI is InChI=1S/C26H46N4S/c1-9-10-12-24(21(4)29-31-23-14-15-23)28-22(5)25-13-11-16-30(25)20(3)18-27-19(2)17-26(6,7)8/h23-25,27-29H,2-5,9-18H2,1,6-8H3. The van der Waals surface area contributed by atoms with Crippen LogP contribution in [0.2, 0.25) is 0 Å². The van der Waals surface area contributed by atoms with Crippen molar-refractivity contribution in [2.45, 2.75) is 96.4 Å². The molecular weight excluding hydrogens is 400 g/mol. The minimum Gasteiger partial charge on any atom is -0.383 e. The molecule has 1 saturated carbocycles. The Kier molecular flexibility index (Phi) is 9.92. The molecule has 3 N–H and O–H groups in total. The number of hydrogen-bond acceptors (Lipinski definition) is 5. The van der Waals surface area contributed by atoms with Crippen LogP contribution in [0.1, 0.15) is 79.1 Å². The summed E-state index contributed by atoms with van der Waals surface area (Å²) in [7, 11) is 0. The Balaban J connectivity index is 1.88. The summed E-state index contributed by atoms with van der Waals surface area (Å²) in [5.74, 6) is 0. The van der Waals surface area contributed by atoms with Gasteiger partial charge >= 0.3 is 0 Å². The van der Waals surface area contributed by atoms with E-state index in [1.165, 1.54) is 32.1 Å². The quantitative estimate of drug-likeness (QED) is 0.266. The zero-order valence-corrected chi connectivity index (χ0v) is 21.3. The second-order valence-corrected chi connectivity index (χ2v) is 11.5. The number of allylic oxidation sites excluding steroid dienone is 1. The number of unbranched alkanes of at least 4 members (excludes halogenated alkanes) is 1. The molecule has 4 nitrogen and oxygen atoms in total. The first-order valence-corrected chi connectivity index (χ1v) is 12.9. The summed E-state index contributed by atoms with van der Waals surface area (Å²) in [5, 5.41) is 7.98. The van der Waals surface area contributed by atoms with Crippen molar-refractivity contribution in [2.75, 3.05) is 13.1 Å². The van der Waals surface area contributed by atoms with Crippen LogP contribution in [-0.4, -0.2) is 35.3 Å². The molecule has 0 aromatic rings. The minimum absolute atomic E-state index is 0.221. The average molecular weight is 447 g/mol. The SMILES string of the molecule is C=C(CC(C)(C)C)NCC(=C)N1CCCC1C(=C)NC(CCCC)C(=C)NSC1CC1. The van der Waals surface area contributed by atoms with Gasteiger partial charge < -0.3 is 20.3 Å². The smallest absolute Gasteiger partial charge is 0.0680 e. The fraction of sp³-hybridized carbons (Fsp3) is 0.692. The fourth-order valence-electron chi connectivity index (χ4n) is 4.02. The topological polar surface area (TPSA) is 39.3 Å². The normalized spacial score (nSPS) is 19.6. The number of likely N-dealkylation sites (tertiary alicyclic amines) is 1. The third kappa shape index (κ3) is 9.26. The summed E-state index contributed by atoms with van der Waals surface area (Å²) in [6, 6.07) is 0.511. The fourth-order valence-corrected chi connectivity index (χ4v) is 4.85. The van der Waals surface area contributed by atoms with Gasteiger partial charge in [-0.25, -0.2) is 0 Å². The van der Waals surface area contributed by atoms with Gasteiger partial charge in [0.1, 0.15) is 0 Å². The van der Waals surface area contributed by atoms with Crippen LogP contribution in [0.25, 0.3) is 0 Å². The number of rotatable bonds is 15. The second-order valence-electron chi connectivity index (χ2n) is 10.4. The van der Waals surface area contributed by atoms with Crippen LogP contribution >= 0.6 is 11.9 Å². The first-order valence-electron chi connectivity index (χ1n) is 12.0. The number of nitrogens with one attached hydrogen (secondary N) is 3. The molecule has 0 spiro atoms. The largest absolute Gasteiger partial charge is 0.383 e. The lowest BCUT2D eigenvalue weighted by Crippen LogP contribution is -2.42. The maximum atomic E-state index is 4.44. The zero-order valence-electron chi connectivity index (χ0n) is 20.5. The predicted octanol–water partition coefficient (Wildman–Crippen LogP) is 6.08. The molecule has 2 unspecified atom stereocenters. The molecule has 31 heavy (non-hydrogen) atoms. The summed E-state index contributed by atoms with van der Waals surface area (Å²) in [4.78, 5) is 2.42. The molecule has 0 aromatic carbocycles. The Bertz CT molecular complexity index is 644. The van der Waals surface area contributed by atoms with E-state index in [0.717, 1.165) is 60.4 Å². The molecule has 1 heterocycles.